The van der Waals surface area contributed by atoms with E-state index < -0.39 is 0 Å². The van der Waals surface area contributed by atoms with Gasteiger partial charge < -0.3 is 9.80 Å². The van der Waals surface area contributed by atoms with Crippen LogP contribution in [0.2, 0.25) is 0 Å². The van der Waals surface area contributed by atoms with Crippen LogP contribution in [0.1, 0.15) is 30.8 Å². The average Bonchev–Trinajstić information content (AvgIpc) is 3.43. The highest BCUT2D eigenvalue weighted by Gasteiger charge is 2.27. The van der Waals surface area contributed by atoms with Crippen LogP contribution in [0.15, 0.2) is 24.3 Å². The van der Waals surface area contributed by atoms with E-state index in [2.05, 4.69) is 22.8 Å². The summed E-state index contributed by atoms with van der Waals surface area (Å²) in [5.41, 5.74) is 1.02. The number of fused-ring (bicyclic) bond motifs is 1. The highest BCUT2D eigenvalue weighted by atomic mass is 32.1. The van der Waals surface area contributed by atoms with E-state index in [1.807, 2.05) is 35.0 Å². The van der Waals surface area contributed by atoms with Gasteiger partial charge in [-0.2, -0.15) is 0 Å². The summed E-state index contributed by atoms with van der Waals surface area (Å²) in [7, 11) is 1.99. The number of para-hydroxylation sites is 1. The van der Waals surface area contributed by atoms with Crippen LogP contribution in [0, 0.1) is 0 Å². The van der Waals surface area contributed by atoms with E-state index in [0.29, 0.717) is 26.2 Å². The topological polar surface area (TPSA) is 60.0 Å². The maximum Gasteiger partial charge on any atom is 0.236 e. The number of benzene rings is 1. The number of piperazine rings is 1. The van der Waals surface area contributed by atoms with Gasteiger partial charge in [0, 0.05) is 39.3 Å². The summed E-state index contributed by atoms with van der Waals surface area (Å²) in [5, 5.41) is 1.04. The summed E-state index contributed by atoms with van der Waals surface area (Å²) in [6.45, 7) is 7.68. The first kappa shape index (κ1) is 21.2. The van der Waals surface area contributed by atoms with Crippen LogP contribution in [-0.4, -0.2) is 95.8 Å². The van der Waals surface area contributed by atoms with Crippen LogP contribution >= 0.6 is 11.3 Å². The molecular weight excluding hydrogens is 398 g/mol. The highest BCUT2D eigenvalue weighted by molar-refractivity contribution is 7.18. The lowest BCUT2D eigenvalue weighted by atomic mass is 10.2. The van der Waals surface area contributed by atoms with Gasteiger partial charge in [0.2, 0.25) is 11.8 Å². The second-order valence-electron chi connectivity index (χ2n) is 8.36. The molecule has 1 atom stereocenters. The molecule has 1 aromatic heterocycles. The number of likely N-dealkylation sites (tertiary alicyclic amines) is 1. The van der Waals surface area contributed by atoms with Crippen LogP contribution in [-0.2, 0) is 9.59 Å². The van der Waals surface area contributed by atoms with Gasteiger partial charge in [-0.3, -0.25) is 19.4 Å². The van der Waals surface area contributed by atoms with Crippen molar-refractivity contribution in [3.63, 3.8) is 0 Å². The van der Waals surface area contributed by atoms with Crippen molar-refractivity contribution in [2.75, 3.05) is 59.4 Å². The molecule has 162 valence electrons. The summed E-state index contributed by atoms with van der Waals surface area (Å²) in [6, 6.07) is 8.23. The Morgan fingerprint density at radius 1 is 1.03 bits per heavy atom. The van der Waals surface area contributed by atoms with E-state index >= 15 is 0 Å². The first-order chi connectivity index (χ1) is 14.5. The molecule has 0 spiro atoms. The maximum absolute atomic E-state index is 12.8. The zero-order valence-corrected chi connectivity index (χ0v) is 18.7. The summed E-state index contributed by atoms with van der Waals surface area (Å²) >= 11 is 1.69. The van der Waals surface area contributed by atoms with Gasteiger partial charge in [0.1, 0.15) is 5.01 Å². The molecule has 8 heteroatoms. The van der Waals surface area contributed by atoms with Crippen LogP contribution in [0.3, 0.4) is 0 Å². The van der Waals surface area contributed by atoms with Crippen molar-refractivity contribution in [1.29, 1.82) is 0 Å². The van der Waals surface area contributed by atoms with Crippen LogP contribution in [0.5, 0.6) is 0 Å². The van der Waals surface area contributed by atoms with Gasteiger partial charge in [0.15, 0.2) is 0 Å². The van der Waals surface area contributed by atoms with Crippen molar-refractivity contribution in [2.24, 2.45) is 0 Å². The molecule has 0 radical (unpaired) electrons. The Morgan fingerprint density at radius 3 is 2.40 bits per heavy atom. The maximum atomic E-state index is 12.8. The highest BCUT2D eigenvalue weighted by Crippen LogP contribution is 2.28. The predicted molar refractivity (Wildman–Crippen MR) is 119 cm³/mol. The molecule has 4 rings (SSSR count). The minimum absolute atomic E-state index is 0.0886. The molecule has 2 aromatic rings. The summed E-state index contributed by atoms with van der Waals surface area (Å²) < 4.78 is 1.18. The van der Waals surface area contributed by atoms with Gasteiger partial charge in [-0.15, -0.1) is 11.3 Å². The van der Waals surface area contributed by atoms with E-state index in [1.54, 1.807) is 11.3 Å². The van der Waals surface area contributed by atoms with Gasteiger partial charge in [-0.05, 0) is 38.9 Å². The number of amides is 2. The molecule has 2 amide bonds. The smallest absolute Gasteiger partial charge is 0.236 e. The van der Waals surface area contributed by atoms with Gasteiger partial charge in [-0.25, -0.2) is 4.98 Å². The first-order valence-corrected chi connectivity index (χ1v) is 11.7. The van der Waals surface area contributed by atoms with Crippen molar-refractivity contribution in [3.05, 3.63) is 29.3 Å². The number of carbonyl (C=O) groups excluding carboxylic acids is 2. The molecule has 0 N–H and O–H groups in total. The van der Waals surface area contributed by atoms with Gasteiger partial charge in [-0.1, -0.05) is 12.1 Å². The molecule has 2 aliphatic rings. The molecule has 3 heterocycles. The minimum Gasteiger partial charge on any atom is -0.342 e. The van der Waals surface area contributed by atoms with Crippen molar-refractivity contribution >= 4 is 33.4 Å². The van der Waals surface area contributed by atoms with Crippen LogP contribution in [0.4, 0.5) is 0 Å². The molecule has 2 saturated heterocycles. The minimum atomic E-state index is 0.0886. The van der Waals surface area contributed by atoms with E-state index in [1.165, 1.54) is 4.70 Å². The Balaban J connectivity index is 1.25. The quantitative estimate of drug-likeness (QED) is 0.704. The van der Waals surface area contributed by atoms with Gasteiger partial charge >= 0.3 is 0 Å². The predicted octanol–water partition coefficient (Wildman–Crippen LogP) is 2.06. The molecular formula is C22H31N5O2S. The molecule has 2 aliphatic heterocycles. The summed E-state index contributed by atoms with van der Waals surface area (Å²) in [6.07, 6.45) is 2.24. The van der Waals surface area contributed by atoms with E-state index in [9.17, 15) is 9.59 Å². The van der Waals surface area contributed by atoms with Crippen LogP contribution < -0.4 is 0 Å². The largest absolute Gasteiger partial charge is 0.342 e. The third-order valence-electron chi connectivity index (χ3n) is 6.26. The van der Waals surface area contributed by atoms with Crippen molar-refractivity contribution < 1.29 is 9.59 Å². The second kappa shape index (κ2) is 9.41. The third-order valence-corrected chi connectivity index (χ3v) is 7.46. The molecule has 1 aromatic carbocycles. The molecule has 2 fully saturated rings. The molecule has 0 saturated carbocycles. The number of thiazole rings is 1. The number of aromatic nitrogens is 1. The Morgan fingerprint density at radius 2 is 1.70 bits per heavy atom. The van der Waals surface area contributed by atoms with E-state index in [0.717, 1.165) is 49.5 Å². The lowest BCUT2D eigenvalue weighted by molar-refractivity contribution is -0.135. The lowest BCUT2D eigenvalue weighted by Crippen LogP contribution is -2.53. The van der Waals surface area contributed by atoms with Crippen molar-refractivity contribution in [2.45, 2.75) is 25.8 Å². The molecule has 0 unspecified atom stereocenters. The fraction of sp³-hybridized carbons (Fsp3) is 0.591. The summed E-state index contributed by atoms with van der Waals surface area (Å²) in [5.74, 6) is 0.382. The Kier molecular flexibility index (Phi) is 6.65. The first-order valence-electron chi connectivity index (χ1n) is 10.8. The number of hydrogen-bond donors (Lipinski definition) is 0. The van der Waals surface area contributed by atoms with Crippen LogP contribution in [0.25, 0.3) is 10.2 Å². The number of likely N-dealkylation sites (N-methyl/N-ethyl adjacent to an activating group) is 1. The standard InChI is InChI=1S/C22H31N5O2S/c1-17(22-23-18-7-3-4-8-19(18)30-22)24(2)15-20(28)27-13-11-25(12-14-27)16-21(29)26-9-5-6-10-26/h3-4,7-8,17H,5-6,9-16H2,1-2H3/t17-/m0/s1. The van der Waals surface area contributed by atoms with Crippen molar-refractivity contribution in [3.8, 4) is 0 Å². The average molecular weight is 430 g/mol. The normalized spacial score (nSPS) is 19.0. The molecule has 7 nitrogen and oxygen atoms in total. The van der Waals surface area contributed by atoms with Gasteiger partial charge in [0.05, 0.1) is 29.3 Å². The third kappa shape index (κ3) is 4.82. The molecule has 0 aliphatic carbocycles. The Labute approximate surface area is 182 Å². The number of rotatable bonds is 6. The monoisotopic (exact) mass is 429 g/mol. The Hall–Kier alpha value is -2.03. The fourth-order valence-electron chi connectivity index (χ4n) is 4.12. The lowest BCUT2D eigenvalue weighted by Gasteiger charge is -2.36. The number of hydrogen-bond acceptors (Lipinski definition) is 6. The molecule has 30 heavy (non-hydrogen) atoms. The molecule has 0 bridgehead atoms. The zero-order valence-electron chi connectivity index (χ0n) is 17.9. The SMILES string of the molecule is C[C@@H](c1nc2ccccc2s1)N(C)CC(=O)N1CCN(CC(=O)N2CCCC2)CC1. The number of nitrogens with zero attached hydrogens (tertiary/aromatic N) is 5. The van der Waals surface area contributed by atoms with E-state index in [-0.39, 0.29) is 17.9 Å². The van der Waals surface area contributed by atoms with Crippen molar-refractivity contribution in [1.82, 2.24) is 24.6 Å². The Bertz CT molecular complexity index is 854. The van der Waals surface area contributed by atoms with Gasteiger partial charge in [0.25, 0.3) is 0 Å². The summed E-state index contributed by atoms with van der Waals surface area (Å²) in [4.78, 5) is 38.1. The second-order valence-corrected chi connectivity index (χ2v) is 9.42. The van der Waals surface area contributed by atoms with E-state index in [4.69, 9.17) is 4.98 Å². The fourth-order valence-corrected chi connectivity index (χ4v) is 5.21. The zero-order chi connectivity index (χ0) is 21.1. The number of carbonyl (C=O) groups is 2.